The molecule has 6 nitrogen and oxygen atoms in total. The Kier molecular flexibility index (Phi) is 5.33. The van der Waals surface area contributed by atoms with Gasteiger partial charge in [0.2, 0.25) is 5.96 Å². The van der Waals surface area contributed by atoms with E-state index in [-0.39, 0.29) is 0 Å². The van der Waals surface area contributed by atoms with Crippen molar-refractivity contribution in [1.82, 2.24) is 19.1 Å². The highest BCUT2D eigenvalue weighted by Crippen LogP contribution is 2.27. The number of benzene rings is 1. The monoisotopic (exact) mass is 409 g/mol. The fraction of sp³-hybridized carbons (Fsp3) is 0.455. The zero-order valence-corrected chi connectivity index (χ0v) is 17.4. The molecule has 1 aromatic carbocycles. The molecule has 2 aromatic rings. The first-order valence-corrected chi connectivity index (χ1v) is 11.6. The number of hydrogen-bond acceptors (Lipinski definition) is 5. The molecule has 0 spiro atoms. The Labute approximate surface area is 174 Å². The molecule has 2 aliphatic heterocycles. The first-order valence-electron chi connectivity index (χ1n) is 10.5. The van der Waals surface area contributed by atoms with Gasteiger partial charge in [-0.05, 0) is 48.2 Å². The fourth-order valence-electron chi connectivity index (χ4n) is 4.31. The average Bonchev–Trinajstić information content (AvgIpc) is 3.23. The van der Waals surface area contributed by atoms with Crippen molar-refractivity contribution >= 4 is 16.9 Å². The van der Waals surface area contributed by atoms with Crippen molar-refractivity contribution < 1.29 is 4.21 Å². The lowest BCUT2D eigenvalue weighted by Gasteiger charge is -2.44. The van der Waals surface area contributed by atoms with E-state index < -0.39 is 11.0 Å². The van der Waals surface area contributed by atoms with Gasteiger partial charge < -0.3 is 4.90 Å². The maximum Gasteiger partial charge on any atom is 0.209 e. The molecule has 1 saturated carbocycles. The first-order chi connectivity index (χ1) is 14.3. The van der Waals surface area contributed by atoms with Crippen LogP contribution >= 0.6 is 0 Å². The summed E-state index contributed by atoms with van der Waals surface area (Å²) >= 11 is 0. The fourth-order valence-corrected chi connectivity index (χ4v) is 5.50. The molecule has 1 saturated heterocycles. The van der Waals surface area contributed by atoms with Crippen LogP contribution in [-0.4, -0.2) is 74.6 Å². The van der Waals surface area contributed by atoms with Gasteiger partial charge in [-0.2, -0.15) is 0 Å². The second-order valence-corrected chi connectivity index (χ2v) is 9.31. The Morgan fingerprint density at radius 1 is 0.862 bits per heavy atom. The summed E-state index contributed by atoms with van der Waals surface area (Å²) in [4.78, 5) is 14.5. The van der Waals surface area contributed by atoms with Crippen LogP contribution in [0.3, 0.4) is 0 Å². The number of hydrogen-bond donors (Lipinski definition) is 0. The molecule has 5 rings (SSSR count). The molecule has 1 aromatic heterocycles. The lowest BCUT2D eigenvalue weighted by atomic mass is 9.91. The average molecular weight is 410 g/mol. The van der Waals surface area contributed by atoms with Crippen molar-refractivity contribution in [3.05, 3.63) is 48.8 Å². The van der Waals surface area contributed by atoms with E-state index in [9.17, 15) is 4.21 Å². The van der Waals surface area contributed by atoms with E-state index in [1.807, 2.05) is 40.7 Å². The van der Waals surface area contributed by atoms with Crippen LogP contribution in [0.5, 0.6) is 0 Å². The van der Waals surface area contributed by atoms with Gasteiger partial charge in [-0.3, -0.25) is 19.2 Å². The Morgan fingerprint density at radius 2 is 1.55 bits per heavy atom. The number of nitrogens with zero attached hydrogens (tertiary/aromatic N) is 5. The Morgan fingerprint density at radius 3 is 2.21 bits per heavy atom. The molecule has 7 heteroatoms. The second-order valence-electron chi connectivity index (χ2n) is 7.90. The molecule has 0 N–H and O–H groups in total. The Bertz CT molecular complexity index is 889. The maximum atomic E-state index is 13.3. The second kappa shape index (κ2) is 8.24. The molecule has 1 unspecified atom stereocenters. The van der Waals surface area contributed by atoms with E-state index >= 15 is 0 Å². The molecule has 0 radical (unpaired) electrons. The van der Waals surface area contributed by atoms with Gasteiger partial charge in [-0.25, -0.2) is 4.21 Å². The van der Waals surface area contributed by atoms with Crippen molar-refractivity contribution in [2.75, 3.05) is 39.3 Å². The van der Waals surface area contributed by atoms with Gasteiger partial charge in [0, 0.05) is 44.6 Å². The quantitative estimate of drug-likeness (QED) is 0.779. The highest BCUT2D eigenvalue weighted by Gasteiger charge is 2.33. The van der Waals surface area contributed by atoms with Crippen LogP contribution in [0.25, 0.3) is 11.1 Å². The third-order valence-electron chi connectivity index (χ3n) is 6.24. The number of guanidine groups is 1. The third-order valence-corrected chi connectivity index (χ3v) is 7.66. The predicted octanol–water partition coefficient (Wildman–Crippen LogP) is 2.61. The largest absolute Gasteiger partial charge is 0.339 e. The normalized spacial score (nSPS) is 21.7. The van der Waals surface area contributed by atoms with Gasteiger partial charge in [-0.15, -0.1) is 0 Å². The van der Waals surface area contributed by atoms with Gasteiger partial charge in [0.1, 0.15) is 0 Å². The molecule has 2 fully saturated rings. The minimum absolute atomic E-state index is 0.719. The van der Waals surface area contributed by atoms with Crippen molar-refractivity contribution in [1.29, 1.82) is 0 Å². The summed E-state index contributed by atoms with van der Waals surface area (Å²) in [5.74, 6) is 0.912. The van der Waals surface area contributed by atoms with Crippen molar-refractivity contribution in [3.63, 3.8) is 0 Å². The molecule has 0 bridgehead atoms. The predicted molar refractivity (Wildman–Crippen MR) is 116 cm³/mol. The smallest absolute Gasteiger partial charge is 0.209 e. The van der Waals surface area contributed by atoms with Gasteiger partial charge in [-0.1, -0.05) is 18.6 Å². The molecule has 1 aliphatic carbocycles. The summed E-state index contributed by atoms with van der Waals surface area (Å²) in [5.41, 5.74) is 2.22. The summed E-state index contributed by atoms with van der Waals surface area (Å²) in [6.45, 7) is 5.57. The maximum absolute atomic E-state index is 13.3. The van der Waals surface area contributed by atoms with E-state index in [1.165, 1.54) is 19.3 Å². The van der Waals surface area contributed by atoms with Crippen LogP contribution in [-0.2, 0) is 11.0 Å². The zero-order valence-electron chi connectivity index (χ0n) is 16.6. The number of pyridine rings is 1. The summed E-state index contributed by atoms with van der Waals surface area (Å²) in [7, 11) is -1.23. The van der Waals surface area contributed by atoms with Crippen LogP contribution in [0, 0.1) is 0 Å². The Balaban J connectivity index is 1.25. The number of piperazine rings is 1. The minimum atomic E-state index is -1.23. The van der Waals surface area contributed by atoms with Gasteiger partial charge in [0.05, 0.1) is 18.0 Å². The molecular formula is C22H27N5OS. The van der Waals surface area contributed by atoms with Crippen molar-refractivity contribution in [2.24, 2.45) is 4.99 Å². The molecule has 1 atom stereocenters. The van der Waals surface area contributed by atoms with Crippen LogP contribution in [0.15, 0.2) is 58.7 Å². The molecule has 152 valence electrons. The van der Waals surface area contributed by atoms with Gasteiger partial charge in [0.15, 0.2) is 11.0 Å². The Hall–Kier alpha value is -2.25. The number of aromatic nitrogens is 1. The minimum Gasteiger partial charge on any atom is -0.339 e. The molecule has 3 aliphatic rings. The number of aliphatic imine (C=N–C) groups is 1. The molecule has 29 heavy (non-hydrogen) atoms. The summed E-state index contributed by atoms with van der Waals surface area (Å²) in [6, 6.07) is 12.8. The van der Waals surface area contributed by atoms with Gasteiger partial charge in [0.25, 0.3) is 0 Å². The number of rotatable bonds is 4. The highest BCUT2D eigenvalue weighted by atomic mass is 32.2. The summed E-state index contributed by atoms with van der Waals surface area (Å²) in [5, 5.41) is 0. The molecular weight excluding hydrogens is 382 g/mol. The van der Waals surface area contributed by atoms with E-state index in [1.54, 1.807) is 12.4 Å². The van der Waals surface area contributed by atoms with Crippen LogP contribution in [0.2, 0.25) is 0 Å². The van der Waals surface area contributed by atoms with E-state index in [0.717, 1.165) is 67.3 Å². The first kappa shape index (κ1) is 18.8. The topological polar surface area (TPSA) is 52.0 Å². The third kappa shape index (κ3) is 3.81. The van der Waals surface area contributed by atoms with Crippen LogP contribution < -0.4 is 0 Å². The van der Waals surface area contributed by atoms with E-state index in [4.69, 9.17) is 4.99 Å². The van der Waals surface area contributed by atoms with E-state index in [2.05, 4.69) is 14.8 Å². The SMILES string of the molecule is O=S(c1ccc(-c2ccncc2)cc1)N1CCN=C1N1CCN(C2CCC2)CC1. The zero-order chi connectivity index (χ0) is 19.6. The van der Waals surface area contributed by atoms with Crippen LogP contribution in [0.1, 0.15) is 19.3 Å². The summed E-state index contributed by atoms with van der Waals surface area (Å²) < 4.78 is 15.3. The van der Waals surface area contributed by atoms with E-state index in [0.29, 0.717) is 0 Å². The molecule has 0 amide bonds. The van der Waals surface area contributed by atoms with Crippen LogP contribution in [0.4, 0.5) is 0 Å². The summed E-state index contributed by atoms with van der Waals surface area (Å²) in [6.07, 6.45) is 7.67. The lowest BCUT2D eigenvalue weighted by Crippen LogP contribution is -2.55. The van der Waals surface area contributed by atoms with Gasteiger partial charge >= 0.3 is 0 Å². The van der Waals surface area contributed by atoms with Crippen molar-refractivity contribution in [3.8, 4) is 11.1 Å². The van der Waals surface area contributed by atoms with Crippen molar-refractivity contribution in [2.45, 2.75) is 30.2 Å². The standard InChI is InChI=1S/C22H27N5OS/c28-29(21-6-4-18(5-7-21)19-8-10-23-11-9-19)27-13-12-24-22(27)26-16-14-25(15-17-26)20-2-1-3-20/h4-11,20H,1-3,12-17H2. The molecule has 3 heterocycles. The lowest BCUT2D eigenvalue weighted by molar-refractivity contribution is 0.0834. The highest BCUT2D eigenvalue weighted by molar-refractivity contribution is 7.83.